The Balaban J connectivity index is 2.53. The van der Waals surface area contributed by atoms with E-state index in [1.807, 2.05) is 0 Å². The van der Waals surface area contributed by atoms with E-state index in [2.05, 4.69) is 0 Å². The number of hydrogen-bond donors (Lipinski definition) is 1. The molecular weight excluding hydrogens is 160 g/mol. The second-order valence-electron chi connectivity index (χ2n) is 3.05. The first kappa shape index (κ1) is 9.48. The number of rotatable bonds is 2. The number of aliphatic hydroxyl groups excluding tert-OH is 1. The van der Waals surface area contributed by atoms with Gasteiger partial charge in [0, 0.05) is 19.8 Å². The zero-order valence-corrected chi connectivity index (χ0v) is 7.21. The molecule has 1 rings (SSSR count). The summed E-state index contributed by atoms with van der Waals surface area (Å²) in [6, 6.07) is 0. The van der Waals surface area contributed by atoms with Gasteiger partial charge in [0.2, 0.25) is 0 Å². The molecular formula is C8H14O4. The van der Waals surface area contributed by atoms with Crippen LogP contribution in [0.1, 0.15) is 19.8 Å². The molecule has 1 heterocycles. The van der Waals surface area contributed by atoms with Crippen molar-refractivity contribution in [2.75, 3.05) is 19.8 Å². The summed E-state index contributed by atoms with van der Waals surface area (Å²) in [5.41, 5.74) is -0.677. The molecule has 4 nitrogen and oxygen atoms in total. The monoisotopic (exact) mass is 174 g/mol. The second-order valence-corrected chi connectivity index (χ2v) is 3.05. The average molecular weight is 174 g/mol. The van der Waals surface area contributed by atoms with Crippen LogP contribution in [0.4, 0.5) is 0 Å². The molecule has 0 amide bonds. The van der Waals surface area contributed by atoms with Gasteiger partial charge in [-0.15, -0.1) is 0 Å². The van der Waals surface area contributed by atoms with Crippen molar-refractivity contribution in [3.63, 3.8) is 0 Å². The largest absolute Gasteiger partial charge is 0.457 e. The Morgan fingerprint density at radius 1 is 1.58 bits per heavy atom. The maximum Gasteiger partial charge on any atom is 0.303 e. The van der Waals surface area contributed by atoms with Crippen LogP contribution in [0.5, 0.6) is 0 Å². The van der Waals surface area contributed by atoms with Gasteiger partial charge in [0.1, 0.15) is 5.60 Å². The molecule has 0 aromatic carbocycles. The minimum Gasteiger partial charge on any atom is -0.457 e. The van der Waals surface area contributed by atoms with Crippen molar-refractivity contribution in [2.45, 2.75) is 25.4 Å². The standard InChI is InChI=1S/C8H14O4/c1-7(10)12-8(6-9)2-4-11-5-3-8/h9H,2-6H2,1H3. The highest BCUT2D eigenvalue weighted by Gasteiger charge is 2.34. The molecule has 12 heavy (non-hydrogen) atoms. The Morgan fingerprint density at radius 3 is 2.58 bits per heavy atom. The van der Waals surface area contributed by atoms with Crippen LogP contribution in [-0.4, -0.2) is 36.5 Å². The number of carbonyl (C=O) groups is 1. The second kappa shape index (κ2) is 3.87. The van der Waals surface area contributed by atoms with Gasteiger partial charge in [-0.05, 0) is 0 Å². The summed E-state index contributed by atoms with van der Waals surface area (Å²) in [6.07, 6.45) is 1.17. The van der Waals surface area contributed by atoms with Crippen LogP contribution in [0.25, 0.3) is 0 Å². The van der Waals surface area contributed by atoms with Crippen molar-refractivity contribution in [1.29, 1.82) is 0 Å². The molecule has 4 heteroatoms. The molecule has 0 aliphatic carbocycles. The van der Waals surface area contributed by atoms with Crippen LogP contribution in [0, 0.1) is 0 Å². The number of hydrogen-bond acceptors (Lipinski definition) is 4. The summed E-state index contributed by atoms with van der Waals surface area (Å²) >= 11 is 0. The smallest absolute Gasteiger partial charge is 0.303 e. The minimum atomic E-state index is -0.677. The summed E-state index contributed by atoms with van der Waals surface area (Å²) in [4.78, 5) is 10.7. The van der Waals surface area contributed by atoms with Crippen molar-refractivity contribution >= 4 is 5.97 Å². The van der Waals surface area contributed by atoms with Crippen LogP contribution in [0.15, 0.2) is 0 Å². The molecule has 1 aliphatic rings. The van der Waals surface area contributed by atoms with Gasteiger partial charge >= 0.3 is 5.97 Å². The number of aliphatic hydroxyl groups is 1. The van der Waals surface area contributed by atoms with Crippen molar-refractivity contribution in [1.82, 2.24) is 0 Å². The van der Waals surface area contributed by atoms with Gasteiger partial charge in [-0.1, -0.05) is 0 Å². The van der Waals surface area contributed by atoms with Gasteiger partial charge in [0.05, 0.1) is 19.8 Å². The maximum atomic E-state index is 10.7. The molecule has 0 spiro atoms. The summed E-state index contributed by atoms with van der Waals surface area (Å²) in [6.45, 7) is 2.34. The fourth-order valence-corrected chi connectivity index (χ4v) is 1.34. The fourth-order valence-electron chi connectivity index (χ4n) is 1.34. The van der Waals surface area contributed by atoms with E-state index in [0.29, 0.717) is 26.1 Å². The van der Waals surface area contributed by atoms with Crippen LogP contribution >= 0.6 is 0 Å². The SMILES string of the molecule is CC(=O)OC1(CO)CCOCC1. The Labute approximate surface area is 71.5 Å². The molecule has 1 saturated heterocycles. The summed E-state index contributed by atoms with van der Waals surface area (Å²) in [5, 5.41) is 9.06. The quantitative estimate of drug-likeness (QED) is 0.603. The lowest BCUT2D eigenvalue weighted by molar-refractivity contribution is -0.173. The molecule has 1 aliphatic heterocycles. The Kier molecular flexibility index (Phi) is 3.05. The fraction of sp³-hybridized carbons (Fsp3) is 0.875. The summed E-state index contributed by atoms with van der Waals surface area (Å²) in [7, 11) is 0. The zero-order chi connectivity index (χ0) is 9.03. The van der Waals surface area contributed by atoms with Gasteiger partial charge in [-0.3, -0.25) is 4.79 Å². The van der Waals surface area contributed by atoms with E-state index in [1.165, 1.54) is 6.92 Å². The van der Waals surface area contributed by atoms with E-state index in [4.69, 9.17) is 14.6 Å². The first-order chi connectivity index (χ1) is 5.68. The van der Waals surface area contributed by atoms with Crippen LogP contribution in [-0.2, 0) is 14.3 Å². The normalized spacial score (nSPS) is 21.8. The predicted molar refractivity (Wildman–Crippen MR) is 41.6 cm³/mol. The highest BCUT2D eigenvalue weighted by atomic mass is 16.6. The van der Waals surface area contributed by atoms with Gasteiger partial charge in [0.15, 0.2) is 0 Å². The maximum absolute atomic E-state index is 10.7. The first-order valence-corrected chi connectivity index (χ1v) is 4.07. The molecule has 0 atom stereocenters. The molecule has 0 unspecified atom stereocenters. The summed E-state index contributed by atoms with van der Waals surface area (Å²) < 4.78 is 10.2. The van der Waals surface area contributed by atoms with E-state index in [-0.39, 0.29) is 12.6 Å². The van der Waals surface area contributed by atoms with Crippen LogP contribution in [0.2, 0.25) is 0 Å². The van der Waals surface area contributed by atoms with Crippen molar-refractivity contribution in [2.24, 2.45) is 0 Å². The van der Waals surface area contributed by atoms with Crippen molar-refractivity contribution in [3.05, 3.63) is 0 Å². The van der Waals surface area contributed by atoms with Gasteiger partial charge < -0.3 is 14.6 Å². The molecule has 0 aromatic rings. The Morgan fingerprint density at radius 2 is 2.17 bits per heavy atom. The first-order valence-electron chi connectivity index (χ1n) is 4.07. The van der Waals surface area contributed by atoms with E-state index in [9.17, 15) is 4.79 Å². The Bertz CT molecular complexity index is 160. The predicted octanol–water partition coefficient (Wildman–Crippen LogP) is 0.0910. The zero-order valence-electron chi connectivity index (χ0n) is 7.21. The Hall–Kier alpha value is -0.610. The van der Waals surface area contributed by atoms with E-state index >= 15 is 0 Å². The van der Waals surface area contributed by atoms with Gasteiger partial charge in [-0.2, -0.15) is 0 Å². The van der Waals surface area contributed by atoms with Gasteiger partial charge in [-0.25, -0.2) is 0 Å². The molecule has 0 aromatic heterocycles. The lowest BCUT2D eigenvalue weighted by Crippen LogP contribution is -2.43. The molecule has 70 valence electrons. The number of esters is 1. The number of carbonyl (C=O) groups excluding carboxylic acids is 1. The minimum absolute atomic E-state index is 0.115. The third-order valence-electron chi connectivity index (χ3n) is 2.05. The molecule has 0 bridgehead atoms. The molecule has 1 fully saturated rings. The average Bonchev–Trinajstić information content (AvgIpc) is 2.05. The summed E-state index contributed by atoms with van der Waals surface area (Å²) in [5.74, 6) is -0.342. The topological polar surface area (TPSA) is 55.8 Å². The van der Waals surface area contributed by atoms with E-state index in [1.54, 1.807) is 0 Å². The van der Waals surface area contributed by atoms with E-state index < -0.39 is 5.60 Å². The lowest BCUT2D eigenvalue weighted by atomic mass is 9.95. The molecule has 1 N–H and O–H groups in total. The van der Waals surface area contributed by atoms with Gasteiger partial charge in [0.25, 0.3) is 0 Å². The van der Waals surface area contributed by atoms with E-state index in [0.717, 1.165) is 0 Å². The van der Waals surface area contributed by atoms with Crippen molar-refractivity contribution < 1.29 is 19.4 Å². The van der Waals surface area contributed by atoms with Crippen LogP contribution < -0.4 is 0 Å². The molecule has 0 saturated carbocycles. The highest BCUT2D eigenvalue weighted by molar-refractivity contribution is 5.66. The highest BCUT2D eigenvalue weighted by Crippen LogP contribution is 2.24. The van der Waals surface area contributed by atoms with Crippen molar-refractivity contribution in [3.8, 4) is 0 Å². The molecule has 0 radical (unpaired) electrons. The lowest BCUT2D eigenvalue weighted by Gasteiger charge is -2.34. The number of ether oxygens (including phenoxy) is 2. The third-order valence-corrected chi connectivity index (χ3v) is 2.05. The third kappa shape index (κ3) is 2.19. The van der Waals surface area contributed by atoms with Crippen LogP contribution in [0.3, 0.4) is 0 Å².